The third kappa shape index (κ3) is 4.29. The normalized spacial score (nSPS) is 19.1. The molecule has 1 aromatic heterocycles. The molecule has 1 aliphatic heterocycles. The topological polar surface area (TPSA) is 42.7 Å². The molecule has 4 heteroatoms. The monoisotopic (exact) mass is 273 g/mol. The second-order valence-corrected chi connectivity index (χ2v) is 4.86. The fourth-order valence-corrected chi connectivity index (χ4v) is 2.33. The smallest absolute Gasteiger partial charge is 0.246 e. The Morgan fingerprint density at radius 3 is 3.30 bits per heavy atom. The zero-order valence-electron chi connectivity index (χ0n) is 11.5. The molecule has 0 radical (unpaired) electrons. The van der Waals surface area contributed by atoms with Crippen LogP contribution in [0.25, 0.3) is 6.08 Å². The van der Waals surface area contributed by atoms with Gasteiger partial charge < -0.3 is 14.1 Å². The molecule has 4 nitrogen and oxygen atoms in total. The summed E-state index contributed by atoms with van der Waals surface area (Å²) < 4.78 is 10.5. The summed E-state index contributed by atoms with van der Waals surface area (Å²) in [5.74, 6) is 3.53. The van der Waals surface area contributed by atoms with Gasteiger partial charge >= 0.3 is 0 Å². The number of hydrogen-bond donors (Lipinski definition) is 0. The van der Waals surface area contributed by atoms with Gasteiger partial charge in [-0.25, -0.2) is 0 Å². The van der Waals surface area contributed by atoms with E-state index in [0.717, 1.165) is 25.9 Å². The van der Waals surface area contributed by atoms with Crippen LogP contribution in [-0.2, 0) is 9.53 Å². The van der Waals surface area contributed by atoms with E-state index in [-0.39, 0.29) is 5.91 Å². The Morgan fingerprint density at radius 1 is 1.65 bits per heavy atom. The van der Waals surface area contributed by atoms with Crippen LogP contribution in [0.1, 0.15) is 18.6 Å². The molecule has 2 rings (SSSR count). The van der Waals surface area contributed by atoms with E-state index in [4.69, 9.17) is 15.6 Å². The van der Waals surface area contributed by atoms with Gasteiger partial charge in [0.15, 0.2) is 0 Å². The number of nitrogens with zero attached hydrogens (tertiary/aromatic N) is 1. The second-order valence-electron chi connectivity index (χ2n) is 4.86. The molecule has 0 aliphatic carbocycles. The molecule has 1 atom stereocenters. The Bertz CT molecular complexity index is 484. The van der Waals surface area contributed by atoms with E-state index in [1.165, 1.54) is 0 Å². The van der Waals surface area contributed by atoms with Crippen molar-refractivity contribution in [3.8, 4) is 12.3 Å². The molecule has 0 bridgehead atoms. The highest BCUT2D eigenvalue weighted by atomic mass is 16.5. The first kappa shape index (κ1) is 14.4. The lowest BCUT2D eigenvalue weighted by Crippen LogP contribution is -2.40. The number of piperidine rings is 1. The predicted molar refractivity (Wildman–Crippen MR) is 76.7 cm³/mol. The maximum Gasteiger partial charge on any atom is 0.246 e. The van der Waals surface area contributed by atoms with E-state index in [2.05, 4.69) is 5.92 Å². The molecule has 0 saturated carbocycles. The molecular formula is C16H19NO3. The molecular weight excluding hydrogens is 254 g/mol. The standard InChI is InChI=1S/C16H19NO3/c1-2-10-19-13-14-5-3-9-17(12-14)16(18)8-7-15-6-4-11-20-15/h1,4,6-8,11,14H,3,5,9-10,12-13H2/b8-7+/t14-/m1/s1. The second kappa shape index (κ2) is 7.56. The Kier molecular flexibility index (Phi) is 5.45. The van der Waals surface area contributed by atoms with Gasteiger partial charge in [-0.1, -0.05) is 5.92 Å². The minimum absolute atomic E-state index is 0.0167. The van der Waals surface area contributed by atoms with Gasteiger partial charge in [-0.05, 0) is 31.1 Å². The minimum atomic E-state index is 0.0167. The van der Waals surface area contributed by atoms with E-state index in [0.29, 0.717) is 24.9 Å². The highest BCUT2D eigenvalue weighted by Crippen LogP contribution is 2.17. The quantitative estimate of drug-likeness (QED) is 0.469. The van der Waals surface area contributed by atoms with Crippen molar-refractivity contribution < 1.29 is 13.9 Å². The first-order valence-corrected chi connectivity index (χ1v) is 6.81. The van der Waals surface area contributed by atoms with Crippen molar-refractivity contribution in [1.82, 2.24) is 4.90 Å². The molecule has 0 aromatic carbocycles. The summed E-state index contributed by atoms with van der Waals surface area (Å²) in [6.45, 7) is 2.48. The maximum absolute atomic E-state index is 12.1. The maximum atomic E-state index is 12.1. The number of rotatable bonds is 5. The largest absolute Gasteiger partial charge is 0.465 e. The first-order valence-electron chi connectivity index (χ1n) is 6.81. The van der Waals surface area contributed by atoms with E-state index < -0.39 is 0 Å². The molecule has 106 valence electrons. The van der Waals surface area contributed by atoms with Crippen LogP contribution in [0.4, 0.5) is 0 Å². The SMILES string of the molecule is C#CCOC[C@@H]1CCCN(C(=O)/C=C/c2ccco2)C1. The van der Waals surface area contributed by atoms with Gasteiger partial charge in [0.05, 0.1) is 12.9 Å². The van der Waals surface area contributed by atoms with Crippen LogP contribution in [0.15, 0.2) is 28.9 Å². The summed E-state index contributed by atoms with van der Waals surface area (Å²) in [5, 5.41) is 0. The van der Waals surface area contributed by atoms with Crippen LogP contribution in [0, 0.1) is 18.3 Å². The third-order valence-electron chi connectivity index (χ3n) is 3.30. The van der Waals surface area contributed by atoms with Crippen LogP contribution in [-0.4, -0.2) is 37.1 Å². The molecule has 2 heterocycles. The van der Waals surface area contributed by atoms with Crippen molar-refractivity contribution in [2.24, 2.45) is 5.92 Å². The minimum Gasteiger partial charge on any atom is -0.465 e. The van der Waals surface area contributed by atoms with Crippen molar-refractivity contribution in [2.45, 2.75) is 12.8 Å². The average Bonchev–Trinajstić information content (AvgIpc) is 2.99. The molecule has 1 aromatic rings. The molecule has 1 saturated heterocycles. The molecule has 20 heavy (non-hydrogen) atoms. The first-order chi connectivity index (χ1) is 9.79. The van der Waals surface area contributed by atoms with Gasteiger partial charge in [0.1, 0.15) is 12.4 Å². The van der Waals surface area contributed by atoms with Crippen LogP contribution >= 0.6 is 0 Å². The van der Waals surface area contributed by atoms with Gasteiger partial charge in [0.2, 0.25) is 5.91 Å². The van der Waals surface area contributed by atoms with Gasteiger partial charge in [0, 0.05) is 25.1 Å². The third-order valence-corrected chi connectivity index (χ3v) is 3.30. The summed E-state index contributed by atoms with van der Waals surface area (Å²) >= 11 is 0. The zero-order chi connectivity index (χ0) is 14.2. The van der Waals surface area contributed by atoms with Gasteiger partial charge in [-0.2, -0.15) is 0 Å². The lowest BCUT2D eigenvalue weighted by atomic mass is 9.99. The van der Waals surface area contributed by atoms with Crippen LogP contribution in [0.2, 0.25) is 0 Å². The Balaban J connectivity index is 1.82. The number of likely N-dealkylation sites (tertiary alicyclic amines) is 1. The van der Waals surface area contributed by atoms with Crippen molar-refractivity contribution in [2.75, 3.05) is 26.3 Å². The van der Waals surface area contributed by atoms with Crippen LogP contribution in [0.3, 0.4) is 0 Å². The van der Waals surface area contributed by atoms with Gasteiger partial charge in [0.25, 0.3) is 0 Å². The molecule has 1 amide bonds. The number of ether oxygens (including phenoxy) is 1. The molecule has 0 N–H and O–H groups in total. The fourth-order valence-electron chi connectivity index (χ4n) is 2.33. The van der Waals surface area contributed by atoms with Crippen LogP contribution in [0.5, 0.6) is 0 Å². The predicted octanol–water partition coefficient (Wildman–Crippen LogP) is 2.18. The number of carbonyl (C=O) groups excluding carboxylic acids is 1. The van der Waals surface area contributed by atoms with E-state index in [1.54, 1.807) is 24.5 Å². The summed E-state index contributed by atoms with van der Waals surface area (Å²) in [6.07, 6.45) is 12.1. The molecule has 1 fully saturated rings. The van der Waals surface area contributed by atoms with Gasteiger partial charge in [-0.3, -0.25) is 4.79 Å². The highest BCUT2D eigenvalue weighted by Gasteiger charge is 2.22. The van der Waals surface area contributed by atoms with E-state index >= 15 is 0 Å². The van der Waals surface area contributed by atoms with E-state index in [9.17, 15) is 4.79 Å². The van der Waals surface area contributed by atoms with Crippen LogP contribution < -0.4 is 0 Å². The summed E-state index contributed by atoms with van der Waals surface area (Å²) in [6, 6.07) is 3.61. The van der Waals surface area contributed by atoms with Crippen molar-refractivity contribution in [3.63, 3.8) is 0 Å². The fraction of sp³-hybridized carbons (Fsp3) is 0.438. The Morgan fingerprint density at radius 2 is 2.55 bits per heavy atom. The van der Waals surface area contributed by atoms with Crippen molar-refractivity contribution >= 4 is 12.0 Å². The number of terminal acetylenes is 1. The van der Waals surface area contributed by atoms with Gasteiger partial charge in [-0.15, -0.1) is 6.42 Å². The summed E-state index contributed by atoms with van der Waals surface area (Å²) in [5.41, 5.74) is 0. The summed E-state index contributed by atoms with van der Waals surface area (Å²) in [7, 11) is 0. The Hall–Kier alpha value is -1.99. The van der Waals surface area contributed by atoms with Crippen molar-refractivity contribution in [1.29, 1.82) is 0 Å². The number of carbonyl (C=O) groups is 1. The number of furan rings is 1. The molecule has 0 unspecified atom stereocenters. The number of amides is 1. The Labute approximate surface area is 119 Å². The van der Waals surface area contributed by atoms with Crippen molar-refractivity contribution in [3.05, 3.63) is 30.2 Å². The lowest BCUT2D eigenvalue weighted by molar-refractivity contribution is -0.128. The average molecular weight is 273 g/mol. The number of hydrogen-bond acceptors (Lipinski definition) is 3. The highest BCUT2D eigenvalue weighted by molar-refractivity contribution is 5.91. The molecule has 0 spiro atoms. The molecule has 1 aliphatic rings. The van der Waals surface area contributed by atoms with E-state index in [1.807, 2.05) is 11.0 Å². The zero-order valence-corrected chi connectivity index (χ0v) is 11.5. The lowest BCUT2D eigenvalue weighted by Gasteiger charge is -2.31. The summed E-state index contributed by atoms with van der Waals surface area (Å²) in [4.78, 5) is 13.9.